The van der Waals surface area contributed by atoms with Crippen LogP contribution in [0, 0.1) is 0 Å². The third-order valence-electron chi connectivity index (χ3n) is 4.22. The van der Waals surface area contributed by atoms with Crippen molar-refractivity contribution in [3.63, 3.8) is 0 Å². The second kappa shape index (κ2) is 9.36. The third-order valence-corrected chi connectivity index (χ3v) is 4.22. The Bertz CT molecular complexity index is 1290. The van der Waals surface area contributed by atoms with Crippen molar-refractivity contribution in [1.29, 1.82) is 0 Å². The lowest BCUT2D eigenvalue weighted by Crippen LogP contribution is -2.17. The molecule has 2 amide bonds. The molecule has 0 aliphatic carbocycles. The van der Waals surface area contributed by atoms with Gasteiger partial charge in [-0.25, -0.2) is 0 Å². The number of carbonyl (C=O) groups excluding carboxylic acids is 2. The highest BCUT2D eigenvalue weighted by molar-refractivity contribution is 6.04. The van der Waals surface area contributed by atoms with Crippen molar-refractivity contribution in [2.45, 2.75) is 6.36 Å². The highest BCUT2D eigenvalue weighted by Crippen LogP contribution is 2.25. The van der Waals surface area contributed by atoms with Gasteiger partial charge in [-0.1, -0.05) is 0 Å². The van der Waals surface area contributed by atoms with Crippen molar-refractivity contribution in [2.24, 2.45) is 0 Å². The molecule has 1 aromatic carbocycles. The number of benzene rings is 1. The molecule has 0 fully saturated rings. The van der Waals surface area contributed by atoms with Crippen molar-refractivity contribution >= 4 is 23.7 Å². The lowest BCUT2D eigenvalue weighted by Gasteiger charge is -2.10. The Balaban J connectivity index is 1.64. The third kappa shape index (κ3) is 5.51. The number of nitrogens with zero attached hydrogens (tertiary/aromatic N) is 5. The zero-order valence-electron chi connectivity index (χ0n) is 17.0. The average Bonchev–Trinajstić information content (AvgIpc) is 3.21. The summed E-state index contributed by atoms with van der Waals surface area (Å²) < 4.78 is 42.4. The average molecular weight is 469 g/mol. The zero-order valence-corrected chi connectivity index (χ0v) is 17.0. The molecule has 10 nitrogen and oxygen atoms in total. The van der Waals surface area contributed by atoms with Gasteiger partial charge in [0.25, 0.3) is 17.8 Å². The second-order valence-corrected chi connectivity index (χ2v) is 6.60. The van der Waals surface area contributed by atoms with E-state index in [0.717, 1.165) is 16.8 Å². The van der Waals surface area contributed by atoms with Crippen molar-refractivity contribution in [2.75, 3.05) is 10.6 Å². The number of amides is 2. The molecule has 13 heteroatoms. The number of carbonyl (C=O) groups is 2. The van der Waals surface area contributed by atoms with Gasteiger partial charge in [-0.3, -0.25) is 30.2 Å². The van der Waals surface area contributed by atoms with E-state index in [1.807, 2.05) is 0 Å². The summed E-state index contributed by atoms with van der Waals surface area (Å²) in [6.45, 7) is 0. The molecule has 0 atom stereocenters. The lowest BCUT2D eigenvalue weighted by atomic mass is 10.3. The molecule has 4 rings (SSSR count). The van der Waals surface area contributed by atoms with E-state index in [4.69, 9.17) is 0 Å². The van der Waals surface area contributed by atoms with Gasteiger partial charge in [-0.05, 0) is 48.5 Å². The predicted octanol–water partition coefficient (Wildman–Crippen LogP) is 3.46. The molecule has 0 bridgehead atoms. The van der Waals surface area contributed by atoms with Crippen LogP contribution < -0.4 is 15.4 Å². The van der Waals surface area contributed by atoms with E-state index in [2.05, 4.69) is 35.4 Å². The lowest BCUT2D eigenvalue weighted by molar-refractivity contribution is -0.274. The van der Waals surface area contributed by atoms with Crippen LogP contribution in [0.2, 0.25) is 0 Å². The number of anilines is 2. The van der Waals surface area contributed by atoms with Crippen molar-refractivity contribution in [1.82, 2.24) is 24.7 Å². The fraction of sp³-hybridized carbons (Fsp3) is 0.0476. The monoisotopic (exact) mass is 469 g/mol. The summed E-state index contributed by atoms with van der Waals surface area (Å²) in [7, 11) is 0. The van der Waals surface area contributed by atoms with Crippen LogP contribution in [0.3, 0.4) is 0 Å². The minimum atomic E-state index is -4.85. The SMILES string of the molecule is O=C(Nc1nc(NC(=O)c2cccnc2)n(-c2ccc(OC(F)(F)F)cc2)n1)c1cccnc1. The van der Waals surface area contributed by atoms with Gasteiger partial charge in [0.05, 0.1) is 16.8 Å². The van der Waals surface area contributed by atoms with E-state index < -0.39 is 23.9 Å². The number of aromatic nitrogens is 5. The number of hydrogen-bond donors (Lipinski definition) is 2. The van der Waals surface area contributed by atoms with Gasteiger partial charge in [0, 0.05) is 24.8 Å². The summed E-state index contributed by atoms with van der Waals surface area (Å²) >= 11 is 0. The molecule has 3 heterocycles. The molecule has 4 aromatic rings. The van der Waals surface area contributed by atoms with E-state index >= 15 is 0 Å². The Kier molecular flexibility index (Phi) is 6.16. The van der Waals surface area contributed by atoms with Gasteiger partial charge in [0.15, 0.2) is 0 Å². The number of alkyl halides is 3. The summed E-state index contributed by atoms with van der Waals surface area (Å²) in [6, 6.07) is 10.9. The molecule has 3 aromatic heterocycles. The number of halogens is 3. The van der Waals surface area contributed by atoms with Gasteiger partial charge < -0.3 is 4.74 Å². The van der Waals surface area contributed by atoms with Gasteiger partial charge in [0.2, 0.25) is 5.95 Å². The van der Waals surface area contributed by atoms with Crippen LogP contribution in [0.25, 0.3) is 5.69 Å². The molecule has 0 saturated heterocycles. The minimum absolute atomic E-state index is 0.0974. The Morgan fingerprint density at radius 2 is 1.44 bits per heavy atom. The highest BCUT2D eigenvalue weighted by atomic mass is 19.4. The Morgan fingerprint density at radius 3 is 1.97 bits per heavy atom. The summed E-state index contributed by atoms with van der Waals surface area (Å²) in [5.41, 5.74) is 0.714. The van der Waals surface area contributed by atoms with Crippen LogP contribution in [-0.4, -0.2) is 42.9 Å². The zero-order chi connectivity index (χ0) is 24.1. The molecule has 0 spiro atoms. The maximum atomic E-state index is 12.6. The van der Waals surface area contributed by atoms with E-state index in [1.165, 1.54) is 49.1 Å². The Morgan fingerprint density at radius 1 is 0.853 bits per heavy atom. The van der Waals surface area contributed by atoms with Crippen LogP contribution in [0.4, 0.5) is 25.1 Å². The summed E-state index contributed by atoms with van der Waals surface area (Å²) in [5, 5.41) is 9.19. The number of hydrogen-bond acceptors (Lipinski definition) is 7. The standard InChI is InChI=1S/C21H14F3N7O3/c22-21(23,24)34-16-7-5-15(6-8-16)31-20(28-18(33)14-4-2-10-26-12-14)29-19(30-31)27-17(32)13-3-1-9-25-11-13/h1-12H,(H2,27,28,29,30,32,33). The van der Waals surface area contributed by atoms with E-state index in [-0.39, 0.29) is 28.7 Å². The number of nitrogens with one attached hydrogen (secondary N) is 2. The van der Waals surface area contributed by atoms with Gasteiger partial charge in [-0.2, -0.15) is 9.67 Å². The maximum absolute atomic E-state index is 12.6. The summed E-state index contributed by atoms with van der Waals surface area (Å²) in [4.78, 5) is 36.9. The van der Waals surface area contributed by atoms with E-state index in [1.54, 1.807) is 12.1 Å². The second-order valence-electron chi connectivity index (χ2n) is 6.60. The first-order chi connectivity index (χ1) is 16.3. The highest BCUT2D eigenvalue weighted by Gasteiger charge is 2.31. The van der Waals surface area contributed by atoms with Crippen LogP contribution >= 0.6 is 0 Å². The van der Waals surface area contributed by atoms with Crippen LogP contribution in [0.1, 0.15) is 20.7 Å². The topological polar surface area (TPSA) is 124 Å². The Labute approximate surface area is 189 Å². The first-order valence-corrected chi connectivity index (χ1v) is 9.54. The van der Waals surface area contributed by atoms with Crippen LogP contribution in [-0.2, 0) is 0 Å². The van der Waals surface area contributed by atoms with Crippen LogP contribution in [0.15, 0.2) is 73.3 Å². The predicted molar refractivity (Wildman–Crippen MR) is 112 cm³/mol. The molecule has 0 aliphatic heterocycles. The molecule has 0 aliphatic rings. The molecule has 0 saturated carbocycles. The fourth-order valence-corrected chi connectivity index (χ4v) is 2.76. The normalized spacial score (nSPS) is 11.0. The molecule has 2 N–H and O–H groups in total. The minimum Gasteiger partial charge on any atom is -0.406 e. The summed E-state index contributed by atoms with van der Waals surface area (Å²) in [5.74, 6) is -1.82. The quantitative estimate of drug-likeness (QED) is 0.443. The van der Waals surface area contributed by atoms with Crippen molar-refractivity contribution in [3.8, 4) is 11.4 Å². The smallest absolute Gasteiger partial charge is 0.406 e. The van der Waals surface area contributed by atoms with E-state index in [0.29, 0.717) is 0 Å². The largest absolute Gasteiger partial charge is 0.573 e. The summed E-state index contributed by atoms with van der Waals surface area (Å²) in [6.07, 6.45) is 0.834. The van der Waals surface area contributed by atoms with Crippen LogP contribution in [0.5, 0.6) is 5.75 Å². The fourth-order valence-electron chi connectivity index (χ4n) is 2.76. The molecule has 0 unspecified atom stereocenters. The number of rotatable bonds is 6. The van der Waals surface area contributed by atoms with Gasteiger partial charge in [0.1, 0.15) is 5.75 Å². The van der Waals surface area contributed by atoms with Gasteiger partial charge >= 0.3 is 6.36 Å². The molecular weight excluding hydrogens is 455 g/mol. The molecule has 34 heavy (non-hydrogen) atoms. The van der Waals surface area contributed by atoms with E-state index in [9.17, 15) is 22.8 Å². The molecular formula is C21H14F3N7O3. The Hall–Kier alpha value is -4.81. The maximum Gasteiger partial charge on any atom is 0.573 e. The number of pyridine rings is 2. The van der Waals surface area contributed by atoms with Crippen molar-refractivity contribution < 1.29 is 27.5 Å². The van der Waals surface area contributed by atoms with Crippen molar-refractivity contribution in [3.05, 3.63) is 84.4 Å². The molecule has 172 valence electrons. The first kappa shape index (κ1) is 22.4. The van der Waals surface area contributed by atoms with Gasteiger partial charge in [-0.15, -0.1) is 18.3 Å². The molecule has 0 radical (unpaired) electrons. The first-order valence-electron chi connectivity index (χ1n) is 9.54. The number of ether oxygens (including phenoxy) is 1.